The van der Waals surface area contributed by atoms with Gasteiger partial charge in [-0.1, -0.05) is 0 Å². The minimum Gasteiger partial charge on any atom is -0.382 e. The van der Waals surface area contributed by atoms with Crippen LogP contribution in [0.4, 0.5) is 0 Å². The predicted octanol–water partition coefficient (Wildman–Crippen LogP) is 0.924. The van der Waals surface area contributed by atoms with Gasteiger partial charge in [0, 0.05) is 33.5 Å². The average Bonchev–Trinajstić information content (AvgIpc) is 2.24. The molecule has 0 atom stereocenters. The van der Waals surface area contributed by atoms with Gasteiger partial charge < -0.3 is 14.4 Å². The van der Waals surface area contributed by atoms with Crippen molar-refractivity contribution < 1.29 is 14.3 Å². The number of ketones is 1. The monoisotopic (exact) mass is 226 g/mol. The second-order valence-electron chi connectivity index (χ2n) is 3.23. The van der Waals surface area contributed by atoms with Crippen LogP contribution in [0.1, 0.15) is 13.8 Å². The first kappa shape index (κ1) is 14.6. The van der Waals surface area contributed by atoms with Crippen LogP contribution in [0.15, 0.2) is 11.8 Å². The molecule has 0 rings (SSSR count). The van der Waals surface area contributed by atoms with Crippen molar-refractivity contribution in [2.24, 2.45) is 0 Å². The summed E-state index contributed by atoms with van der Waals surface area (Å²) >= 11 is 0. The third-order valence-corrected chi connectivity index (χ3v) is 1.62. The van der Waals surface area contributed by atoms with Crippen molar-refractivity contribution in [3.63, 3.8) is 0 Å². The molecule has 16 heavy (non-hydrogen) atoms. The second kappa shape index (κ2) is 7.85. The number of carbonyl (C=O) groups excluding carboxylic acids is 1. The molecule has 0 N–H and O–H groups in total. The maximum atomic E-state index is 11.8. The van der Waals surface area contributed by atoms with Gasteiger partial charge >= 0.3 is 0 Å². The number of ether oxygens (including phenoxy) is 2. The van der Waals surface area contributed by atoms with E-state index < -0.39 is 12.1 Å². The van der Waals surface area contributed by atoms with E-state index in [0.29, 0.717) is 13.2 Å². The van der Waals surface area contributed by atoms with Crippen molar-refractivity contribution in [3.8, 4) is 6.07 Å². The molecule has 0 saturated carbocycles. The summed E-state index contributed by atoms with van der Waals surface area (Å²) in [5.74, 6) is -0.445. The molecule has 0 aromatic carbocycles. The van der Waals surface area contributed by atoms with Gasteiger partial charge in [0.25, 0.3) is 0 Å². The zero-order valence-corrected chi connectivity index (χ0v) is 10.2. The Labute approximate surface area is 96.2 Å². The Hall–Kier alpha value is -1.38. The van der Waals surface area contributed by atoms with Gasteiger partial charge in [-0.15, -0.1) is 0 Å². The first-order chi connectivity index (χ1) is 7.56. The summed E-state index contributed by atoms with van der Waals surface area (Å²) in [5.41, 5.74) is 0.0249. The number of carbonyl (C=O) groups is 1. The molecule has 0 fully saturated rings. The molecule has 0 heterocycles. The largest absolute Gasteiger partial charge is 0.382 e. The van der Waals surface area contributed by atoms with E-state index in [1.54, 1.807) is 32.8 Å². The third-order valence-electron chi connectivity index (χ3n) is 1.62. The molecule has 5 nitrogen and oxygen atoms in total. The SMILES string of the molecule is CCOC(OCC)C(=O)/C(C#N)=C/N(C)C. The van der Waals surface area contributed by atoms with E-state index in [1.165, 1.54) is 6.20 Å². The van der Waals surface area contributed by atoms with E-state index in [9.17, 15) is 4.79 Å². The van der Waals surface area contributed by atoms with Crippen LogP contribution in [-0.4, -0.2) is 44.3 Å². The molecule has 0 saturated heterocycles. The minimum absolute atomic E-state index is 0.0249. The molecule has 0 aliphatic rings. The summed E-state index contributed by atoms with van der Waals surface area (Å²) in [7, 11) is 3.47. The van der Waals surface area contributed by atoms with E-state index in [0.717, 1.165) is 0 Å². The van der Waals surface area contributed by atoms with Gasteiger partial charge in [0.2, 0.25) is 12.1 Å². The quantitative estimate of drug-likeness (QED) is 0.367. The van der Waals surface area contributed by atoms with Crippen LogP contribution in [0.25, 0.3) is 0 Å². The molecule has 0 amide bonds. The number of Topliss-reactive ketones (excluding diaryl/α,β-unsaturated/α-hetero) is 1. The van der Waals surface area contributed by atoms with E-state index in [4.69, 9.17) is 14.7 Å². The summed E-state index contributed by atoms with van der Waals surface area (Å²) < 4.78 is 10.3. The minimum atomic E-state index is -0.985. The van der Waals surface area contributed by atoms with Gasteiger partial charge in [-0.3, -0.25) is 4.79 Å². The zero-order chi connectivity index (χ0) is 12.6. The molecule has 0 aromatic heterocycles. The summed E-state index contributed by atoms with van der Waals surface area (Å²) in [6, 6.07) is 1.84. The standard InChI is InChI=1S/C11H18N2O3/c1-5-15-11(16-6-2)10(14)9(7-12)8-13(3)4/h8,11H,5-6H2,1-4H3/b9-8+. The molecule has 0 aliphatic carbocycles. The summed E-state index contributed by atoms with van der Waals surface area (Å²) in [4.78, 5) is 13.5. The van der Waals surface area contributed by atoms with Crippen molar-refractivity contribution in [3.05, 3.63) is 11.8 Å². The Morgan fingerprint density at radius 2 is 1.88 bits per heavy atom. The molecule has 0 unspecified atom stereocenters. The third kappa shape index (κ3) is 4.91. The summed E-state index contributed by atoms with van der Waals surface area (Å²) in [6.07, 6.45) is 0.466. The van der Waals surface area contributed by atoms with Crippen molar-refractivity contribution in [2.75, 3.05) is 27.3 Å². The molecule has 0 bridgehead atoms. The van der Waals surface area contributed by atoms with Gasteiger partial charge in [0.1, 0.15) is 11.6 Å². The molecule has 0 aliphatic heterocycles. The smallest absolute Gasteiger partial charge is 0.230 e. The lowest BCUT2D eigenvalue weighted by Crippen LogP contribution is -2.29. The predicted molar refractivity (Wildman–Crippen MR) is 59.4 cm³/mol. The number of hydrogen-bond donors (Lipinski definition) is 0. The van der Waals surface area contributed by atoms with Crippen LogP contribution in [-0.2, 0) is 14.3 Å². The van der Waals surface area contributed by atoms with Crippen molar-refractivity contribution in [2.45, 2.75) is 20.1 Å². The Balaban J connectivity index is 4.76. The molecule has 0 radical (unpaired) electrons. The summed E-state index contributed by atoms with van der Waals surface area (Å²) in [5, 5.41) is 8.85. The maximum Gasteiger partial charge on any atom is 0.230 e. The zero-order valence-electron chi connectivity index (χ0n) is 10.2. The Bertz CT molecular complexity index is 286. The van der Waals surface area contributed by atoms with Gasteiger partial charge in [-0.05, 0) is 13.8 Å². The molecule has 90 valence electrons. The lowest BCUT2D eigenvalue weighted by atomic mass is 10.2. The van der Waals surface area contributed by atoms with Crippen LogP contribution in [0.3, 0.4) is 0 Å². The van der Waals surface area contributed by atoms with Crippen LogP contribution in [0, 0.1) is 11.3 Å². The fourth-order valence-corrected chi connectivity index (χ4v) is 1.03. The normalized spacial score (nSPS) is 11.4. The van der Waals surface area contributed by atoms with E-state index >= 15 is 0 Å². The first-order valence-corrected chi connectivity index (χ1v) is 5.12. The maximum absolute atomic E-state index is 11.8. The van der Waals surface area contributed by atoms with Gasteiger partial charge in [-0.2, -0.15) is 5.26 Å². The van der Waals surface area contributed by atoms with Crippen LogP contribution >= 0.6 is 0 Å². The number of nitriles is 1. The number of rotatable bonds is 7. The molecule has 5 heteroatoms. The van der Waals surface area contributed by atoms with E-state index in [2.05, 4.69) is 0 Å². The van der Waals surface area contributed by atoms with Gasteiger partial charge in [-0.25, -0.2) is 0 Å². The van der Waals surface area contributed by atoms with Crippen LogP contribution < -0.4 is 0 Å². The Kier molecular flexibility index (Phi) is 7.18. The lowest BCUT2D eigenvalue weighted by Gasteiger charge is -2.15. The van der Waals surface area contributed by atoms with Crippen molar-refractivity contribution in [1.82, 2.24) is 4.90 Å². The first-order valence-electron chi connectivity index (χ1n) is 5.12. The second-order valence-corrected chi connectivity index (χ2v) is 3.23. The highest BCUT2D eigenvalue weighted by atomic mass is 16.7. The van der Waals surface area contributed by atoms with Crippen molar-refractivity contribution >= 4 is 5.78 Å². The highest BCUT2D eigenvalue weighted by Crippen LogP contribution is 2.06. The topological polar surface area (TPSA) is 62.6 Å². The highest BCUT2D eigenvalue weighted by molar-refractivity contribution is 6.01. The fourth-order valence-electron chi connectivity index (χ4n) is 1.03. The fraction of sp³-hybridized carbons (Fsp3) is 0.636. The molecular formula is C11H18N2O3. The number of nitrogens with zero attached hydrogens (tertiary/aromatic N) is 2. The Morgan fingerprint density at radius 3 is 2.19 bits per heavy atom. The van der Waals surface area contributed by atoms with Gasteiger partial charge in [0.05, 0.1) is 0 Å². The lowest BCUT2D eigenvalue weighted by molar-refractivity contribution is -0.163. The highest BCUT2D eigenvalue weighted by Gasteiger charge is 2.23. The van der Waals surface area contributed by atoms with E-state index in [1.807, 2.05) is 6.07 Å². The molecular weight excluding hydrogens is 208 g/mol. The average molecular weight is 226 g/mol. The van der Waals surface area contributed by atoms with Crippen molar-refractivity contribution in [1.29, 1.82) is 5.26 Å². The number of hydrogen-bond acceptors (Lipinski definition) is 5. The summed E-state index contributed by atoms with van der Waals surface area (Å²) in [6.45, 7) is 4.25. The van der Waals surface area contributed by atoms with Gasteiger partial charge in [0.15, 0.2) is 0 Å². The van der Waals surface area contributed by atoms with Crippen LogP contribution in [0.2, 0.25) is 0 Å². The van der Waals surface area contributed by atoms with E-state index in [-0.39, 0.29) is 5.57 Å². The molecule has 0 spiro atoms. The molecule has 0 aromatic rings. The van der Waals surface area contributed by atoms with Crippen LogP contribution in [0.5, 0.6) is 0 Å². The Morgan fingerprint density at radius 1 is 1.38 bits per heavy atom.